The SMILES string of the molecule is COCCN(CC(=O)N(CCc1ccccc1)Cc1ccco1)C(=O)Nc1c(C(C)C)cccc1C(C)C. The quantitative estimate of drug-likeness (QED) is 0.288. The Morgan fingerprint density at radius 3 is 2.13 bits per heavy atom. The zero-order valence-corrected chi connectivity index (χ0v) is 23.3. The van der Waals surface area contributed by atoms with Gasteiger partial charge in [0, 0.05) is 25.9 Å². The molecule has 204 valence electrons. The number of furan rings is 1. The summed E-state index contributed by atoms with van der Waals surface area (Å²) in [4.78, 5) is 30.5. The van der Waals surface area contributed by atoms with Gasteiger partial charge in [-0.25, -0.2) is 4.79 Å². The highest BCUT2D eigenvalue weighted by Gasteiger charge is 2.24. The van der Waals surface area contributed by atoms with E-state index < -0.39 is 0 Å². The minimum Gasteiger partial charge on any atom is -0.467 e. The highest BCUT2D eigenvalue weighted by atomic mass is 16.5. The van der Waals surface area contributed by atoms with Crippen LogP contribution in [-0.4, -0.2) is 55.1 Å². The van der Waals surface area contributed by atoms with Crippen molar-refractivity contribution in [2.75, 3.05) is 38.7 Å². The number of methoxy groups -OCH3 is 1. The summed E-state index contributed by atoms with van der Waals surface area (Å²) < 4.78 is 10.8. The molecule has 0 saturated carbocycles. The lowest BCUT2D eigenvalue weighted by Gasteiger charge is -2.28. The zero-order valence-electron chi connectivity index (χ0n) is 23.3. The number of nitrogens with zero attached hydrogens (tertiary/aromatic N) is 2. The second kappa shape index (κ2) is 14.4. The molecular weight excluding hydrogens is 478 g/mol. The van der Waals surface area contributed by atoms with Gasteiger partial charge in [-0.15, -0.1) is 0 Å². The lowest BCUT2D eigenvalue weighted by atomic mass is 9.93. The van der Waals surface area contributed by atoms with Crippen LogP contribution in [0.25, 0.3) is 0 Å². The number of para-hydroxylation sites is 1. The largest absolute Gasteiger partial charge is 0.467 e. The van der Waals surface area contributed by atoms with Crippen molar-refractivity contribution in [3.8, 4) is 0 Å². The van der Waals surface area contributed by atoms with Gasteiger partial charge in [-0.3, -0.25) is 4.79 Å². The molecule has 3 amide bonds. The first-order valence-corrected chi connectivity index (χ1v) is 13.3. The average Bonchev–Trinajstić information content (AvgIpc) is 3.42. The van der Waals surface area contributed by atoms with E-state index in [-0.39, 0.29) is 30.3 Å². The third-order valence-corrected chi connectivity index (χ3v) is 6.58. The molecule has 0 aliphatic carbocycles. The van der Waals surface area contributed by atoms with Crippen LogP contribution in [0.1, 0.15) is 62.0 Å². The predicted molar refractivity (Wildman–Crippen MR) is 151 cm³/mol. The number of carbonyl (C=O) groups excluding carboxylic acids is 2. The summed E-state index contributed by atoms with van der Waals surface area (Å²) in [6.45, 7) is 9.85. The Hall–Kier alpha value is -3.58. The van der Waals surface area contributed by atoms with Crippen molar-refractivity contribution in [2.45, 2.75) is 52.5 Å². The van der Waals surface area contributed by atoms with Crippen molar-refractivity contribution in [1.29, 1.82) is 0 Å². The molecule has 0 unspecified atom stereocenters. The normalized spacial score (nSPS) is 11.1. The van der Waals surface area contributed by atoms with Gasteiger partial charge < -0.3 is 24.3 Å². The first-order valence-electron chi connectivity index (χ1n) is 13.3. The van der Waals surface area contributed by atoms with Gasteiger partial charge in [0.2, 0.25) is 5.91 Å². The summed E-state index contributed by atoms with van der Waals surface area (Å²) >= 11 is 0. The summed E-state index contributed by atoms with van der Waals surface area (Å²) in [5.74, 6) is 1.02. The van der Waals surface area contributed by atoms with Gasteiger partial charge in [-0.05, 0) is 47.1 Å². The van der Waals surface area contributed by atoms with Gasteiger partial charge in [0.25, 0.3) is 0 Å². The zero-order chi connectivity index (χ0) is 27.5. The topological polar surface area (TPSA) is 75.0 Å². The molecule has 3 rings (SSSR count). The van der Waals surface area contributed by atoms with E-state index in [2.05, 4.69) is 33.0 Å². The van der Waals surface area contributed by atoms with Crippen LogP contribution in [0.4, 0.5) is 10.5 Å². The highest BCUT2D eigenvalue weighted by molar-refractivity contribution is 5.94. The molecule has 0 spiro atoms. The van der Waals surface area contributed by atoms with Crippen LogP contribution in [0, 0.1) is 0 Å². The fraction of sp³-hybridized carbons (Fsp3) is 0.419. The summed E-state index contributed by atoms with van der Waals surface area (Å²) in [7, 11) is 1.59. The standard InChI is InChI=1S/C31H41N3O4/c1-23(2)27-14-9-15-28(24(3)4)30(27)32-31(36)34(18-20-37-5)22-29(35)33(21-26-13-10-19-38-26)17-16-25-11-7-6-8-12-25/h6-15,19,23-24H,16-18,20-22H2,1-5H3,(H,32,36). The third-order valence-electron chi connectivity index (χ3n) is 6.58. The van der Waals surface area contributed by atoms with Crippen molar-refractivity contribution >= 4 is 17.6 Å². The summed E-state index contributed by atoms with van der Waals surface area (Å²) in [5.41, 5.74) is 4.12. The van der Waals surface area contributed by atoms with Gasteiger partial charge in [-0.2, -0.15) is 0 Å². The van der Waals surface area contributed by atoms with Gasteiger partial charge in [-0.1, -0.05) is 76.2 Å². The van der Waals surface area contributed by atoms with Crippen LogP contribution >= 0.6 is 0 Å². The maximum Gasteiger partial charge on any atom is 0.322 e. The van der Waals surface area contributed by atoms with E-state index >= 15 is 0 Å². The molecule has 2 aromatic carbocycles. The third kappa shape index (κ3) is 8.21. The van der Waals surface area contributed by atoms with Crippen LogP contribution in [0.5, 0.6) is 0 Å². The number of nitrogens with one attached hydrogen (secondary N) is 1. The summed E-state index contributed by atoms with van der Waals surface area (Å²) in [6.07, 6.45) is 2.31. The first kappa shape index (κ1) is 29.0. The van der Waals surface area contributed by atoms with E-state index in [0.717, 1.165) is 22.4 Å². The molecule has 38 heavy (non-hydrogen) atoms. The molecule has 1 N–H and O–H groups in total. The van der Waals surface area contributed by atoms with Crippen molar-refractivity contribution < 1.29 is 18.7 Å². The smallest absolute Gasteiger partial charge is 0.322 e. The predicted octanol–water partition coefficient (Wildman–Crippen LogP) is 6.28. The van der Waals surface area contributed by atoms with Crippen LogP contribution in [0.2, 0.25) is 0 Å². The lowest BCUT2D eigenvalue weighted by molar-refractivity contribution is -0.132. The van der Waals surface area contributed by atoms with Crippen molar-refractivity contribution in [1.82, 2.24) is 9.80 Å². The molecule has 0 atom stereocenters. The number of urea groups is 1. The average molecular weight is 520 g/mol. The molecule has 7 nitrogen and oxygen atoms in total. The lowest BCUT2D eigenvalue weighted by Crippen LogP contribution is -2.46. The van der Waals surface area contributed by atoms with Gasteiger partial charge in [0.1, 0.15) is 12.3 Å². The van der Waals surface area contributed by atoms with Crippen molar-refractivity contribution in [2.24, 2.45) is 0 Å². The number of hydrogen-bond acceptors (Lipinski definition) is 4. The van der Waals surface area contributed by atoms with E-state index in [1.54, 1.807) is 18.3 Å². The fourth-order valence-electron chi connectivity index (χ4n) is 4.39. The molecule has 3 aromatic rings. The van der Waals surface area contributed by atoms with Gasteiger partial charge in [0.05, 0.1) is 19.4 Å². The molecule has 0 aliphatic rings. The molecule has 0 bridgehead atoms. The summed E-state index contributed by atoms with van der Waals surface area (Å²) in [6, 6.07) is 19.5. The van der Waals surface area contributed by atoms with E-state index in [0.29, 0.717) is 38.4 Å². The molecule has 1 heterocycles. The highest BCUT2D eigenvalue weighted by Crippen LogP contribution is 2.32. The van der Waals surface area contributed by atoms with E-state index in [9.17, 15) is 9.59 Å². The van der Waals surface area contributed by atoms with E-state index in [4.69, 9.17) is 9.15 Å². The Kier molecular flexibility index (Phi) is 11.0. The van der Waals surface area contributed by atoms with Crippen LogP contribution in [0.3, 0.4) is 0 Å². The first-order chi connectivity index (χ1) is 18.3. The van der Waals surface area contributed by atoms with Crippen LogP contribution in [-0.2, 0) is 22.5 Å². The number of hydrogen-bond donors (Lipinski definition) is 1. The number of ether oxygens (including phenoxy) is 1. The minimum atomic E-state index is -0.314. The van der Waals surface area contributed by atoms with E-state index in [1.807, 2.05) is 60.7 Å². The van der Waals surface area contributed by atoms with Gasteiger partial charge in [0.15, 0.2) is 0 Å². The molecular formula is C31H41N3O4. The monoisotopic (exact) mass is 519 g/mol. The Balaban J connectivity index is 1.80. The Labute approximate surface area is 226 Å². The maximum atomic E-state index is 13.6. The van der Waals surface area contributed by atoms with Crippen molar-refractivity contribution in [3.63, 3.8) is 0 Å². The second-order valence-corrected chi connectivity index (χ2v) is 10.1. The number of carbonyl (C=O) groups is 2. The Morgan fingerprint density at radius 2 is 1.55 bits per heavy atom. The number of anilines is 1. The molecule has 1 aromatic heterocycles. The molecule has 0 fully saturated rings. The molecule has 7 heteroatoms. The molecule has 0 saturated heterocycles. The fourth-order valence-corrected chi connectivity index (χ4v) is 4.39. The molecule has 0 aliphatic heterocycles. The number of rotatable bonds is 13. The summed E-state index contributed by atoms with van der Waals surface area (Å²) in [5, 5.41) is 3.14. The molecule has 0 radical (unpaired) electrons. The number of amides is 3. The van der Waals surface area contributed by atoms with E-state index in [1.165, 1.54) is 4.90 Å². The van der Waals surface area contributed by atoms with Crippen LogP contribution in [0.15, 0.2) is 71.3 Å². The van der Waals surface area contributed by atoms with Gasteiger partial charge >= 0.3 is 6.03 Å². The number of benzene rings is 2. The Morgan fingerprint density at radius 1 is 0.868 bits per heavy atom. The maximum absolute atomic E-state index is 13.6. The van der Waals surface area contributed by atoms with Crippen molar-refractivity contribution in [3.05, 3.63) is 89.4 Å². The Bertz CT molecular complexity index is 1120. The second-order valence-electron chi connectivity index (χ2n) is 10.1. The minimum absolute atomic E-state index is 0.0639. The van der Waals surface area contributed by atoms with Crippen LogP contribution < -0.4 is 5.32 Å².